The van der Waals surface area contributed by atoms with E-state index in [1.54, 1.807) is 0 Å². The Labute approximate surface area is 99.9 Å². The summed E-state index contributed by atoms with van der Waals surface area (Å²) in [6.45, 7) is 0. The predicted octanol–water partition coefficient (Wildman–Crippen LogP) is 1.87. The van der Waals surface area contributed by atoms with E-state index in [2.05, 4.69) is 9.97 Å². The minimum absolute atomic E-state index is 0.150. The van der Waals surface area contributed by atoms with Crippen LogP contribution in [0.25, 0.3) is 0 Å². The van der Waals surface area contributed by atoms with Crippen LogP contribution in [-0.2, 0) is 0 Å². The molecule has 0 spiro atoms. The summed E-state index contributed by atoms with van der Waals surface area (Å²) < 4.78 is 13.5. The molecule has 0 bridgehead atoms. The number of benzene rings is 1. The van der Waals surface area contributed by atoms with Gasteiger partial charge in [0, 0.05) is 17.8 Å². The van der Waals surface area contributed by atoms with Gasteiger partial charge in [0.15, 0.2) is 11.4 Å². The fraction of sp³-hybridized carbons (Fsp3) is 0. The summed E-state index contributed by atoms with van der Waals surface area (Å²) in [6, 6.07) is 5.45. The lowest BCUT2D eigenvalue weighted by Gasteiger charge is -2.04. The van der Waals surface area contributed by atoms with E-state index < -0.39 is 5.82 Å². The van der Waals surface area contributed by atoms with E-state index in [1.807, 2.05) is 0 Å². The molecule has 17 heavy (non-hydrogen) atoms. The number of halogens is 1. The monoisotopic (exact) mass is 250 g/mol. The largest absolute Gasteiger partial charge is 0.301 e. The molecule has 0 aliphatic heterocycles. The van der Waals surface area contributed by atoms with Crippen LogP contribution in [0.15, 0.2) is 45.3 Å². The maximum absolute atomic E-state index is 13.5. The lowest BCUT2D eigenvalue weighted by molar-refractivity contribution is 0.112. The van der Waals surface area contributed by atoms with Crippen molar-refractivity contribution in [3.8, 4) is 0 Å². The number of aldehydes is 1. The zero-order chi connectivity index (χ0) is 12.3. The molecule has 1 heterocycles. The molecule has 2 rings (SSSR count). The number of nitrogens with one attached hydrogen (secondary N) is 1. The van der Waals surface area contributed by atoms with Crippen LogP contribution in [0.2, 0.25) is 0 Å². The van der Waals surface area contributed by atoms with Crippen LogP contribution in [-0.4, -0.2) is 16.3 Å². The molecule has 0 fully saturated rings. The van der Waals surface area contributed by atoms with E-state index in [4.69, 9.17) is 0 Å². The molecular formula is C11H7FN2O2S. The molecule has 6 heteroatoms. The number of hydrogen-bond acceptors (Lipinski definition) is 4. The maximum atomic E-state index is 13.5. The number of hydrogen-bond donors (Lipinski definition) is 1. The van der Waals surface area contributed by atoms with Crippen LogP contribution in [0.4, 0.5) is 4.39 Å². The SMILES string of the molecule is O=Cc1cccc(F)c1Sc1nccc(=O)[nH]1. The second-order valence-corrected chi connectivity index (χ2v) is 4.12. The van der Waals surface area contributed by atoms with Crippen LogP contribution in [0.1, 0.15) is 10.4 Å². The number of nitrogens with zero attached hydrogens (tertiary/aromatic N) is 1. The summed E-state index contributed by atoms with van der Waals surface area (Å²) in [6.07, 6.45) is 1.88. The Morgan fingerprint density at radius 2 is 2.18 bits per heavy atom. The average Bonchev–Trinajstić information content (AvgIpc) is 2.32. The number of rotatable bonds is 3. The highest BCUT2D eigenvalue weighted by molar-refractivity contribution is 7.99. The highest BCUT2D eigenvalue weighted by Crippen LogP contribution is 2.28. The molecule has 0 radical (unpaired) electrons. The van der Waals surface area contributed by atoms with Crippen LogP contribution in [0.5, 0.6) is 0 Å². The highest BCUT2D eigenvalue weighted by Gasteiger charge is 2.10. The van der Waals surface area contributed by atoms with Crippen LogP contribution < -0.4 is 5.56 Å². The van der Waals surface area contributed by atoms with Crippen molar-refractivity contribution in [3.63, 3.8) is 0 Å². The molecule has 1 N–H and O–H groups in total. The summed E-state index contributed by atoms with van der Waals surface area (Å²) >= 11 is 0.907. The van der Waals surface area contributed by atoms with E-state index in [9.17, 15) is 14.0 Å². The molecule has 86 valence electrons. The van der Waals surface area contributed by atoms with Gasteiger partial charge >= 0.3 is 0 Å². The lowest BCUT2D eigenvalue weighted by atomic mass is 10.2. The highest BCUT2D eigenvalue weighted by atomic mass is 32.2. The Bertz CT molecular complexity index is 612. The third-order valence-corrected chi connectivity index (χ3v) is 3.01. The first kappa shape index (κ1) is 11.5. The minimum atomic E-state index is -0.522. The zero-order valence-corrected chi connectivity index (χ0v) is 9.33. The zero-order valence-electron chi connectivity index (χ0n) is 8.51. The molecule has 1 aromatic carbocycles. The van der Waals surface area contributed by atoms with Crippen molar-refractivity contribution in [2.75, 3.05) is 0 Å². The Kier molecular flexibility index (Phi) is 3.34. The first-order valence-corrected chi connectivity index (χ1v) is 5.49. The quantitative estimate of drug-likeness (QED) is 0.667. The van der Waals surface area contributed by atoms with E-state index in [0.717, 1.165) is 11.8 Å². The molecule has 2 aromatic rings. The molecule has 0 unspecified atom stereocenters. The molecular weight excluding hydrogens is 243 g/mol. The first-order chi connectivity index (χ1) is 8.20. The van der Waals surface area contributed by atoms with Crippen molar-refractivity contribution in [1.82, 2.24) is 9.97 Å². The molecule has 0 aliphatic rings. The summed E-state index contributed by atoms with van der Waals surface area (Å²) in [4.78, 5) is 28.3. The van der Waals surface area contributed by atoms with Gasteiger partial charge in [-0.25, -0.2) is 9.37 Å². The van der Waals surface area contributed by atoms with Gasteiger partial charge in [-0.3, -0.25) is 9.59 Å². The average molecular weight is 250 g/mol. The summed E-state index contributed by atoms with van der Waals surface area (Å²) in [5.74, 6) is -0.522. The van der Waals surface area contributed by atoms with Crippen LogP contribution in [0.3, 0.4) is 0 Å². The fourth-order valence-corrected chi connectivity index (χ4v) is 2.08. The fourth-order valence-electron chi connectivity index (χ4n) is 1.23. The van der Waals surface area contributed by atoms with Crippen molar-refractivity contribution in [3.05, 3.63) is 52.2 Å². The normalized spacial score (nSPS) is 10.2. The summed E-state index contributed by atoms with van der Waals surface area (Å²) in [7, 11) is 0. The summed E-state index contributed by atoms with van der Waals surface area (Å²) in [5.41, 5.74) is -0.104. The van der Waals surface area contributed by atoms with Gasteiger partial charge in [0.2, 0.25) is 0 Å². The van der Waals surface area contributed by atoms with Crippen molar-refractivity contribution in [2.24, 2.45) is 0 Å². The van der Waals surface area contributed by atoms with Gasteiger partial charge in [0.05, 0.1) is 4.90 Å². The lowest BCUT2D eigenvalue weighted by Crippen LogP contribution is -2.05. The first-order valence-electron chi connectivity index (χ1n) is 4.67. The summed E-state index contributed by atoms with van der Waals surface area (Å²) in [5, 5.41) is 0.241. The van der Waals surface area contributed by atoms with Gasteiger partial charge in [-0.05, 0) is 17.8 Å². The van der Waals surface area contributed by atoms with E-state index >= 15 is 0 Å². The van der Waals surface area contributed by atoms with E-state index in [0.29, 0.717) is 6.29 Å². The predicted molar refractivity (Wildman–Crippen MR) is 60.8 cm³/mol. The van der Waals surface area contributed by atoms with E-state index in [-0.39, 0.29) is 21.2 Å². The standard InChI is InChI=1S/C11H7FN2O2S/c12-8-3-1-2-7(6-15)10(8)17-11-13-5-4-9(16)14-11/h1-6H,(H,13,14,16). The second kappa shape index (κ2) is 4.92. The van der Waals surface area contributed by atoms with Gasteiger partial charge in [-0.1, -0.05) is 12.1 Å². The van der Waals surface area contributed by atoms with Gasteiger partial charge in [0.25, 0.3) is 5.56 Å². The van der Waals surface area contributed by atoms with Gasteiger partial charge in [0.1, 0.15) is 5.82 Å². The number of carbonyl (C=O) groups excluding carboxylic acids is 1. The Balaban J connectivity index is 2.42. The molecule has 4 nitrogen and oxygen atoms in total. The smallest absolute Gasteiger partial charge is 0.251 e. The van der Waals surface area contributed by atoms with Crippen molar-refractivity contribution in [1.29, 1.82) is 0 Å². The number of H-pyrrole nitrogens is 1. The third kappa shape index (κ3) is 2.59. The number of aromatic nitrogens is 2. The topological polar surface area (TPSA) is 62.8 Å². The van der Waals surface area contributed by atoms with Gasteiger partial charge < -0.3 is 4.98 Å². The maximum Gasteiger partial charge on any atom is 0.251 e. The Morgan fingerprint density at radius 3 is 2.88 bits per heavy atom. The minimum Gasteiger partial charge on any atom is -0.301 e. The van der Waals surface area contributed by atoms with Crippen molar-refractivity contribution in [2.45, 2.75) is 10.1 Å². The van der Waals surface area contributed by atoms with Gasteiger partial charge in [-0.15, -0.1) is 0 Å². The molecule has 0 saturated heterocycles. The molecule has 0 amide bonds. The second-order valence-electron chi connectivity index (χ2n) is 3.12. The van der Waals surface area contributed by atoms with Crippen LogP contribution >= 0.6 is 11.8 Å². The molecule has 1 aromatic heterocycles. The molecule has 0 atom stereocenters. The number of aromatic amines is 1. The molecule has 0 saturated carbocycles. The van der Waals surface area contributed by atoms with Crippen LogP contribution in [0, 0.1) is 5.82 Å². The van der Waals surface area contributed by atoms with Crippen molar-refractivity contribution < 1.29 is 9.18 Å². The van der Waals surface area contributed by atoms with E-state index in [1.165, 1.54) is 30.5 Å². The van der Waals surface area contributed by atoms with Gasteiger partial charge in [-0.2, -0.15) is 0 Å². The van der Waals surface area contributed by atoms with Crippen molar-refractivity contribution >= 4 is 18.0 Å². The number of carbonyl (C=O) groups is 1. The Hall–Kier alpha value is -1.95. The third-order valence-electron chi connectivity index (χ3n) is 1.97. The molecule has 0 aliphatic carbocycles. The Morgan fingerprint density at radius 1 is 1.35 bits per heavy atom.